The molecular formula is C30H34N4O3S2. The number of nitrogens with zero attached hydrogens (tertiary/aromatic N) is 2. The van der Waals surface area contributed by atoms with Crippen molar-refractivity contribution < 1.29 is 14.7 Å². The Morgan fingerprint density at radius 1 is 1.03 bits per heavy atom. The molecule has 1 heterocycles. The molecule has 0 aliphatic carbocycles. The number of benzene rings is 3. The van der Waals surface area contributed by atoms with Crippen molar-refractivity contribution in [1.82, 2.24) is 5.43 Å². The van der Waals surface area contributed by atoms with E-state index in [2.05, 4.69) is 27.7 Å². The largest absolute Gasteiger partial charge is 0.396 e. The van der Waals surface area contributed by atoms with Crippen LogP contribution in [0.2, 0.25) is 0 Å². The van der Waals surface area contributed by atoms with Crippen LogP contribution in [0.1, 0.15) is 43.0 Å². The summed E-state index contributed by atoms with van der Waals surface area (Å²) in [7, 11) is 0. The maximum atomic E-state index is 13.3. The van der Waals surface area contributed by atoms with Crippen molar-refractivity contribution in [3.8, 4) is 0 Å². The second-order valence-electron chi connectivity index (χ2n) is 9.30. The molecule has 39 heavy (non-hydrogen) atoms. The zero-order valence-corrected chi connectivity index (χ0v) is 23.9. The fraction of sp³-hybridized carbons (Fsp3) is 0.300. The Bertz CT molecular complexity index is 1340. The summed E-state index contributed by atoms with van der Waals surface area (Å²) >= 11 is 3.53. The van der Waals surface area contributed by atoms with Crippen LogP contribution in [-0.2, 0) is 5.75 Å². The Balaban J connectivity index is 1.54. The highest BCUT2D eigenvalue weighted by Crippen LogP contribution is 2.26. The smallest absolute Gasteiger partial charge is 0.273 e. The van der Waals surface area contributed by atoms with Gasteiger partial charge in [0.15, 0.2) is 0 Å². The van der Waals surface area contributed by atoms with Crippen LogP contribution in [0, 0.1) is 13.8 Å². The highest BCUT2D eigenvalue weighted by Gasteiger charge is 2.19. The van der Waals surface area contributed by atoms with Crippen LogP contribution < -0.4 is 15.6 Å². The molecule has 2 amide bonds. The summed E-state index contributed by atoms with van der Waals surface area (Å²) in [6.07, 6.45) is 1.62. The molecule has 0 atom stereocenters. The molecule has 0 saturated carbocycles. The van der Waals surface area contributed by atoms with Gasteiger partial charge in [-0.25, -0.2) is 5.43 Å². The Morgan fingerprint density at radius 2 is 1.85 bits per heavy atom. The minimum Gasteiger partial charge on any atom is -0.396 e. The number of hydrazone groups is 1. The van der Waals surface area contributed by atoms with Crippen LogP contribution in [0.5, 0.6) is 0 Å². The fourth-order valence-corrected chi connectivity index (χ4v) is 5.76. The number of hydrogen-bond donors (Lipinski definition) is 3. The van der Waals surface area contributed by atoms with Gasteiger partial charge in [0.1, 0.15) is 0 Å². The molecule has 204 valence electrons. The summed E-state index contributed by atoms with van der Waals surface area (Å²) in [4.78, 5) is 28.7. The molecule has 0 bridgehead atoms. The summed E-state index contributed by atoms with van der Waals surface area (Å²) in [5.41, 5.74) is 9.10. The molecule has 0 aromatic heterocycles. The predicted octanol–water partition coefficient (Wildman–Crippen LogP) is 5.10. The highest BCUT2D eigenvalue weighted by molar-refractivity contribution is 7.99. The summed E-state index contributed by atoms with van der Waals surface area (Å²) in [5.74, 6) is 2.73. The SMILES string of the molecule is Cc1ccc(C=NNC(=O)c2cc(N3CCSCC3)ccc2NC(=O)c2cccc(CSCCO)c2)cc1C. The van der Waals surface area contributed by atoms with Crippen LogP contribution in [0.3, 0.4) is 0 Å². The van der Waals surface area contributed by atoms with Crippen molar-refractivity contribution in [2.75, 3.05) is 47.2 Å². The van der Waals surface area contributed by atoms with Crippen molar-refractivity contribution >= 4 is 52.9 Å². The molecule has 3 aromatic carbocycles. The first-order valence-corrected chi connectivity index (χ1v) is 15.2. The van der Waals surface area contributed by atoms with E-state index >= 15 is 0 Å². The van der Waals surface area contributed by atoms with Crippen molar-refractivity contribution in [2.24, 2.45) is 5.10 Å². The summed E-state index contributed by atoms with van der Waals surface area (Å²) in [6.45, 7) is 6.02. The Hall–Kier alpha value is -3.27. The average Bonchev–Trinajstić information content (AvgIpc) is 2.96. The first-order chi connectivity index (χ1) is 18.9. The van der Waals surface area contributed by atoms with Gasteiger partial charge in [0, 0.05) is 47.4 Å². The van der Waals surface area contributed by atoms with Crippen molar-refractivity contribution in [2.45, 2.75) is 19.6 Å². The Morgan fingerprint density at radius 3 is 2.62 bits per heavy atom. The van der Waals surface area contributed by atoms with E-state index in [0.29, 0.717) is 28.3 Å². The molecule has 0 unspecified atom stereocenters. The second-order valence-corrected chi connectivity index (χ2v) is 11.6. The number of aryl methyl sites for hydroxylation is 2. The number of rotatable bonds is 10. The molecule has 7 nitrogen and oxygen atoms in total. The van der Waals surface area contributed by atoms with Crippen molar-refractivity contribution in [1.29, 1.82) is 0 Å². The molecule has 1 saturated heterocycles. The molecule has 1 aliphatic rings. The first-order valence-electron chi connectivity index (χ1n) is 12.9. The summed E-state index contributed by atoms with van der Waals surface area (Å²) in [5, 5.41) is 16.1. The van der Waals surface area contributed by atoms with Gasteiger partial charge in [0.25, 0.3) is 11.8 Å². The van der Waals surface area contributed by atoms with Gasteiger partial charge in [-0.3, -0.25) is 9.59 Å². The van der Waals surface area contributed by atoms with Crippen LogP contribution in [0.15, 0.2) is 65.8 Å². The number of amides is 2. The number of aliphatic hydroxyl groups is 1. The van der Waals surface area contributed by atoms with E-state index in [1.165, 1.54) is 5.56 Å². The lowest BCUT2D eigenvalue weighted by atomic mass is 10.1. The normalized spacial score (nSPS) is 13.5. The van der Waals surface area contributed by atoms with E-state index in [0.717, 1.165) is 47.0 Å². The van der Waals surface area contributed by atoms with Gasteiger partial charge >= 0.3 is 0 Å². The molecule has 0 spiro atoms. The van der Waals surface area contributed by atoms with Gasteiger partial charge in [-0.1, -0.05) is 30.3 Å². The topological polar surface area (TPSA) is 94.0 Å². The third-order valence-corrected chi connectivity index (χ3v) is 8.43. The van der Waals surface area contributed by atoms with Gasteiger partial charge < -0.3 is 15.3 Å². The fourth-order valence-electron chi connectivity index (χ4n) is 4.17. The zero-order valence-electron chi connectivity index (χ0n) is 22.3. The minimum atomic E-state index is -0.396. The lowest BCUT2D eigenvalue weighted by molar-refractivity contribution is 0.0956. The maximum Gasteiger partial charge on any atom is 0.273 e. The average molecular weight is 563 g/mol. The predicted molar refractivity (Wildman–Crippen MR) is 165 cm³/mol. The van der Waals surface area contributed by atoms with E-state index in [-0.39, 0.29) is 12.5 Å². The van der Waals surface area contributed by atoms with E-state index in [1.807, 2.05) is 67.2 Å². The van der Waals surface area contributed by atoms with Gasteiger partial charge in [0.2, 0.25) is 0 Å². The van der Waals surface area contributed by atoms with Gasteiger partial charge in [0.05, 0.1) is 24.1 Å². The summed E-state index contributed by atoms with van der Waals surface area (Å²) < 4.78 is 0. The maximum absolute atomic E-state index is 13.3. The van der Waals surface area contributed by atoms with E-state index in [9.17, 15) is 9.59 Å². The lowest BCUT2D eigenvalue weighted by Gasteiger charge is -2.29. The third kappa shape index (κ3) is 8.11. The lowest BCUT2D eigenvalue weighted by Crippen LogP contribution is -2.32. The quantitative estimate of drug-likeness (QED) is 0.181. The molecule has 3 N–H and O–H groups in total. The monoisotopic (exact) mass is 562 g/mol. The Labute approximate surface area is 238 Å². The molecular weight excluding hydrogens is 528 g/mol. The van der Waals surface area contributed by atoms with Crippen LogP contribution >= 0.6 is 23.5 Å². The van der Waals surface area contributed by atoms with Crippen LogP contribution in [-0.4, -0.2) is 60.1 Å². The number of carbonyl (C=O) groups is 2. The van der Waals surface area contributed by atoms with Gasteiger partial charge in [-0.15, -0.1) is 0 Å². The van der Waals surface area contributed by atoms with Crippen molar-refractivity contribution in [3.63, 3.8) is 0 Å². The molecule has 0 radical (unpaired) electrons. The van der Waals surface area contributed by atoms with Gasteiger partial charge in [-0.2, -0.15) is 28.6 Å². The van der Waals surface area contributed by atoms with Crippen LogP contribution in [0.4, 0.5) is 11.4 Å². The van der Waals surface area contributed by atoms with E-state index in [4.69, 9.17) is 5.11 Å². The number of carbonyl (C=O) groups excluding carboxylic acids is 2. The Kier molecular flexibility index (Phi) is 10.5. The van der Waals surface area contributed by atoms with E-state index < -0.39 is 5.91 Å². The molecule has 1 aliphatic heterocycles. The number of nitrogens with one attached hydrogen (secondary N) is 2. The standard InChI is InChI=1S/C30H34N4O3S2/c1-21-6-7-23(16-22(21)2)19-31-33-30(37)27-18-26(34-10-13-38-14-11-34)8-9-28(27)32-29(36)25-5-3-4-24(17-25)20-39-15-12-35/h3-9,16-19,35H,10-15,20H2,1-2H3,(H,32,36)(H,33,37). The van der Waals surface area contributed by atoms with Gasteiger partial charge in [-0.05, 0) is 66.4 Å². The first kappa shape index (κ1) is 28.7. The van der Waals surface area contributed by atoms with Crippen LogP contribution in [0.25, 0.3) is 0 Å². The zero-order chi connectivity index (χ0) is 27.6. The molecule has 4 rings (SSSR count). The number of thioether (sulfide) groups is 2. The number of aliphatic hydroxyl groups excluding tert-OH is 1. The molecule has 9 heteroatoms. The number of hydrogen-bond acceptors (Lipinski definition) is 7. The number of anilines is 2. The minimum absolute atomic E-state index is 0.122. The third-order valence-electron chi connectivity index (χ3n) is 6.48. The summed E-state index contributed by atoms with van der Waals surface area (Å²) in [6, 6.07) is 18.9. The van der Waals surface area contributed by atoms with E-state index in [1.54, 1.807) is 30.1 Å². The second kappa shape index (κ2) is 14.2. The highest BCUT2D eigenvalue weighted by atomic mass is 32.2. The molecule has 3 aromatic rings. The van der Waals surface area contributed by atoms with Crippen molar-refractivity contribution in [3.05, 3.63) is 94.0 Å². The molecule has 1 fully saturated rings.